The molecule has 1 heterocycles. The summed E-state index contributed by atoms with van der Waals surface area (Å²) >= 11 is 0. The second-order valence-electron chi connectivity index (χ2n) is 7.25. The van der Waals surface area contributed by atoms with E-state index in [-0.39, 0.29) is 23.8 Å². The van der Waals surface area contributed by atoms with E-state index in [0.717, 1.165) is 6.42 Å². The zero-order valence-corrected chi connectivity index (χ0v) is 14.9. The number of carbonyl (C=O) groups is 2. The Hall–Kier alpha value is -1.30. The molecule has 1 fully saturated rings. The number of likely N-dealkylation sites (tertiary alicyclic amines) is 1. The summed E-state index contributed by atoms with van der Waals surface area (Å²) in [5, 5.41) is 1.25. The van der Waals surface area contributed by atoms with Gasteiger partial charge in [-0.1, -0.05) is 13.8 Å². The highest BCUT2D eigenvalue weighted by Gasteiger charge is 2.39. The normalized spacial score (nSPS) is 22.6. The van der Waals surface area contributed by atoms with Gasteiger partial charge in [-0.05, 0) is 39.0 Å². The summed E-state index contributed by atoms with van der Waals surface area (Å²) in [4.78, 5) is 31.4. The smallest absolute Gasteiger partial charge is 0.410 e. The van der Waals surface area contributed by atoms with Gasteiger partial charge >= 0.3 is 6.09 Å². The van der Waals surface area contributed by atoms with Crippen LogP contribution in [0.1, 0.15) is 41.0 Å². The number of rotatable bonds is 3. The van der Waals surface area contributed by atoms with Crippen LogP contribution in [0.15, 0.2) is 0 Å². The molecule has 6 heteroatoms. The van der Waals surface area contributed by atoms with Crippen LogP contribution >= 0.6 is 0 Å². The van der Waals surface area contributed by atoms with E-state index in [4.69, 9.17) is 9.57 Å². The number of hydrogen-bond acceptors (Lipinski definition) is 4. The Labute approximate surface area is 133 Å². The van der Waals surface area contributed by atoms with E-state index >= 15 is 0 Å². The number of hydroxylamine groups is 2. The van der Waals surface area contributed by atoms with Crippen molar-refractivity contribution in [2.24, 2.45) is 17.8 Å². The van der Waals surface area contributed by atoms with Crippen molar-refractivity contribution in [3.8, 4) is 0 Å². The zero-order valence-electron chi connectivity index (χ0n) is 14.9. The van der Waals surface area contributed by atoms with Crippen LogP contribution in [-0.4, -0.2) is 54.8 Å². The second kappa shape index (κ2) is 7.31. The van der Waals surface area contributed by atoms with E-state index in [1.54, 1.807) is 11.9 Å². The third-order valence-electron chi connectivity index (χ3n) is 4.08. The Morgan fingerprint density at radius 1 is 1.27 bits per heavy atom. The van der Waals surface area contributed by atoms with Gasteiger partial charge < -0.3 is 9.64 Å². The number of ether oxygens (including phenoxy) is 1. The summed E-state index contributed by atoms with van der Waals surface area (Å²) in [6, 6.07) is 0. The molecule has 0 saturated carbocycles. The Kier molecular flexibility index (Phi) is 6.23. The quantitative estimate of drug-likeness (QED) is 0.751. The molecular formula is C16H30N2O4. The standard InChI is InChI=1S/C16H30N2O4/c1-11(2)12-8-9-18(15(20)22-16(3,4)5)10-13(12)14(19)17(6)21-7/h11-13H,8-10H2,1-7H3. The first kappa shape index (κ1) is 18.7. The number of piperidine rings is 1. The molecule has 0 N–H and O–H groups in total. The first-order valence-electron chi connectivity index (χ1n) is 7.86. The average Bonchev–Trinajstić information content (AvgIpc) is 2.42. The van der Waals surface area contributed by atoms with E-state index in [1.165, 1.54) is 12.2 Å². The molecule has 0 spiro atoms. The van der Waals surface area contributed by atoms with Gasteiger partial charge in [0.05, 0.1) is 13.0 Å². The number of amides is 2. The minimum Gasteiger partial charge on any atom is -0.444 e. The first-order chi connectivity index (χ1) is 10.1. The fourth-order valence-electron chi connectivity index (χ4n) is 2.85. The Morgan fingerprint density at radius 3 is 2.32 bits per heavy atom. The zero-order chi connectivity index (χ0) is 17.1. The van der Waals surface area contributed by atoms with Crippen molar-refractivity contribution in [1.29, 1.82) is 0 Å². The van der Waals surface area contributed by atoms with Crippen LogP contribution in [0, 0.1) is 17.8 Å². The maximum Gasteiger partial charge on any atom is 0.410 e. The van der Waals surface area contributed by atoms with E-state index < -0.39 is 5.60 Å². The highest BCUT2D eigenvalue weighted by atomic mass is 16.7. The van der Waals surface area contributed by atoms with Crippen molar-refractivity contribution in [2.45, 2.75) is 46.6 Å². The summed E-state index contributed by atoms with van der Waals surface area (Å²) in [6.45, 7) is 10.7. The summed E-state index contributed by atoms with van der Waals surface area (Å²) in [5.41, 5.74) is -0.533. The van der Waals surface area contributed by atoms with Crippen molar-refractivity contribution >= 4 is 12.0 Å². The van der Waals surface area contributed by atoms with Gasteiger partial charge in [0.2, 0.25) is 0 Å². The summed E-state index contributed by atoms with van der Waals surface area (Å²) in [5.74, 6) is 0.268. The molecule has 1 rings (SSSR count). The van der Waals surface area contributed by atoms with Crippen LogP contribution in [0.2, 0.25) is 0 Å². The maximum absolute atomic E-state index is 12.5. The molecule has 2 atom stereocenters. The van der Waals surface area contributed by atoms with E-state index in [0.29, 0.717) is 19.0 Å². The highest BCUT2D eigenvalue weighted by Crippen LogP contribution is 2.32. The van der Waals surface area contributed by atoms with E-state index in [1.807, 2.05) is 20.8 Å². The van der Waals surface area contributed by atoms with Crippen LogP contribution in [0.4, 0.5) is 4.79 Å². The van der Waals surface area contributed by atoms with Crippen LogP contribution < -0.4 is 0 Å². The molecule has 1 aliphatic heterocycles. The molecule has 0 bridgehead atoms. The molecule has 6 nitrogen and oxygen atoms in total. The molecule has 0 radical (unpaired) electrons. The number of nitrogens with zero attached hydrogens (tertiary/aromatic N) is 2. The fraction of sp³-hybridized carbons (Fsp3) is 0.875. The lowest BCUT2D eigenvalue weighted by Crippen LogP contribution is -2.51. The molecule has 0 aromatic heterocycles. The predicted molar refractivity (Wildman–Crippen MR) is 84.0 cm³/mol. The summed E-state index contributed by atoms with van der Waals surface area (Å²) in [7, 11) is 3.07. The van der Waals surface area contributed by atoms with Crippen LogP contribution in [0.3, 0.4) is 0 Å². The molecular weight excluding hydrogens is 284 g/mol. The maximum atomic E-state index is 12.5. The van der Waals surface area contributed by atoms with Gasteiger partial charge in [0, 0.05) is 20.1 Å². The van der Waals surface area contributed by atoms with Crippen molar-refractivity contribution in [3.05, 3.63) is 0 Å². The van der Waals surface area contributed by atoms with Gasteiger partial charge in [0.25, 0.3) is 5.91 Å². The first-order valence-corrected chi connectivity index (χ1v) is 7.86. The third-order valence-corrected chi connectivity index (χ3v) is 4.08. The lowest BCUT2D eigenvalue weighted by atomic mass is 9.77. The molecule has 0 aromatic rings. The molecule has 2 amide bonds. The molecule has 0 aromatic carbocycles. The number of hydrogen-bond donors (Lipinski definition) is 0. The fourth-order valence-corrected chi connectivity index (χ4v) is 2.85. The molecule has 2 unspecified atom stereocenters. The topological polar surface area (TPSA) is 59.1 Å². The third kappa shape index (κ3) is 4.87. The largest absolute Gasteiger partial charge is 0.444 e. The van der Waals surface area contributed by atoms with Crippen LogP contribution in [0.5, 0.6) is 0 Å². The second-order valence-corrected chi connectivity index (χ2v) is 7.25. The lowest BCUT2D eigenvalue weighted by Gasteiger charge is -2.40. The van der Waals surface area contributed by atoms with Gasteiger partial charge in [-0.3, -0.25) is 9.63 Å². The monoisotopic (exact) mass is 314 g/mol. The van der Waals surface area contributed by atoms with Crippen molar-refractivity contribution in [3.63, 3.8) is 0 Å². The highest BCUT2D eigenvalue weighted by molar-refractivity contribution is 5.79. The van der Waals surface area contributed by atoms with E-state index in [9.17, 15) is 9.59 Å². The van der Waals surface area contributed by atoms with Gasteiger partial charge in [0.1, 0.15) is 5.60 Å². The minimum absolute atomic E-state index is 0.0885. The molecule has 1 aliphatic rings. The van der Waals surface area contributed by atoms with Crippen LogP contribution in [0.25, 0.3) is 0 Å². The van der Waals surface area contributed by atoms with Crippen molar-refractivity contribution in [1.82, 2.24) is 9.96 Å². The summed E-state index contributed by atoms with van der Waals surface area (Å²) < 4.78 is 5.42. The van der Waals surface area contributed by atoms with E-state index in [2.05, 4.69) is 13.8 Å². The Morgan fingerprint density at radius 2 is 1.86 bits per heavy atom. The SMILES string of the molecule is CON(C)C(=O)C1CN(C(=O)OC(C)(C)C)CCC1C(C)C. The van der Waals surface area contributed by atoms with Gasteiger partial charge in [-0.2, -0.15) is 0 Å². The van der Waals surface area contributed by atoms with Crippen molar-refractivity contribution < 1.29 is 19.2 Å². The Balaban J connectivity index is 2.85. The summed E-state index contributed by atoms with van der Waals surface area (Å²) in [6.07, 6.45) is 0.442. The molecule has 22 heavy (non-hydrogen) atoms. The molecule has 1 saturated heterocycles. The number of carbonyl (C=O) groups excluding carboxylic acids is 2. The van der Waals surface area contributed by atoms with Gasteiger partial charge in [-0.15, -0.1) is 0 Å². The predicted octanol–water partition coefficient (Wildman–Crippen LogP) is 2.54. The molecule has 128 valence electrons. The molecule has 0 aliphatic carbocycles. The lowest BCUT2D eigenvalue weighted by molar-refractivity contribution is -0.177. The van der Waals surface area contributed by atoms with Gasteiger partial charge in [-0.25, -0.2) is 9.86 Å². The van der Waals surface area contributed by atoms with Gasteiger partial charge in [0.15, 0.2) is 0 Å². The Bertz CT molecular complexity index is 403. The van der Waals surface area contributed by atoms with Crippen molar-refractivity contribution in [2.75, 3.05) is 27.2 Å². The minimum atomic E-state index is -0.533. The van der Waals surface area contributed by atoms with Crippen LogP contribution in [-0.2, 0) is 14.4 Å². The average molecular weight is 314 g/mol.